The maximum Gasteiger partial charge on any atom is 0.167 e. The summed E-state index contributed by atoms with van der Waals surface area (Å²) in [5.74, 6) is -0.415. The van der Waals surface area contributed by atoms with Crippen LogP contribution < -0.4 is 0 Å². The molecule has 0 unspecified atom stereocenters. The zero-order valence-corrected chi connectivity index (χ0v) is 11.5. The minimum atomic E-state index is -0.336. The number of ketones is 1. The Balaban J connectivity index is 2.25. The fourth-order valence-electron chi connectivity index (χ4n) is 1.81. The third kappa shape index (κ3) is 3.05. The van der Waals surface area contributed by atoms with Crippen LogP contribution in [0.4, 0.5) is 4.39 Å². The number of hydrogen-bond donors (Lipinski definition) is 0. The monoisotopic (exact) mass is 306 g/mol. The van der Waals surface area contributed by atoms with Crippen molar-refractivity contribution in [1.82, 2.24) is 0 Å². The molecule has 0 amide bonds. The first-order valence-electron chi connectivity index (χ1n) is 5.60. The first-order chi connectivity index (χ1) is 8.56. The maximum absolute atomic E-state index is 13.5. The van der Waals surface area contributed by atoms with Crippen LogP contribution in [0, 0.1) is 12.7 Å². The van der Waals surface area contributed by atoms with Crippen LogP contribution in [-0.2, 0) is 6.42 Å². The predicted octanol–water partition coefficient (Wildman–Crippen LogP) is 4.32. The van der Waals surface area contributed by atoms with Gasteiger partial charge in [0.25, 0.3) is 0 Å². The summed E-state index contributed by atoms with van der Waals surface area (Å²) in [6.45, 7) is 1.92. The second kappa shape index (κ2) is 5.44. The Morgan fingerprint density at radius 2 is 1.94 bits per heavy atom. The van der Waals surface area contributed by atoms with Gasteiger partial charge in [-0.3, -0.25) is 4.79 Å². The molecule has 0 fully saturated rings. The second-order valence-electron chi connectivity index (χ2n) is 4.21. The van der Waals surface area contributed by atoms with E-state index in [0.717, 1.165) is 10.0 Å². The molecule has 3 heteroatoms. The smallest absolute Gasteiger partial charge is 0.167 e. The number of halogens is 2. The van der Waals surface area contributed by atoms with E-state index in [1.165, 1.54) is 6.07 Å². The number of carbonyl (C=O) groups excluding carboxylic acids is 1. The summed E-state index contributed by atoms with van der Waals surface area (Å²) < 4.78 is 14.3. The summed E-state index contributed by atoms with van der Waals surface area (Å²) in [5, 5.41) is 0. The van der Waals surface area contributed by atoms with E-state index in [4.69, 9.17) is 0 Å². The van der Waals surface area contributed by atoms with Crippen LogP contribution in [0.5, 0.6) is 0 Å². The van der Waals surface area contributed by atoms with Gasteiger partial charge < -0.3 is 0 Å². The Morgan fingerprint density at radius 1 is 1.22 bits per heavy atom. The number of rotatable bonds is 3. The van der Waals surface area contributed by atoms with E-state index in [2.05, 4.69) is 15.9 Å². The molecular formula is C15H12BrFO. The third-order valence-electron chi connectivity index (χ3n) is 2.67. The molecule has 0 aliphatic carbocycles. The third-order valence-corrected chi connectivity index (χ3v) is 3.13. The summed E-state index contributed by atoms with van der Waals surface area (Å²) >= 11 is 3.35. The van der Waals surface area contributed by atoms with Gasteiger partial charge >= 0.3 is 0 Å². The van der Waals surface area contributed by atoms with E-state index in [-0.39, 0.29) is 18.0 Å². The minimum absolute atomic E-state index is 0.0792. The van der Waals surface area contributed by atoms with E-state index in [1.54, 1.807) is 24.3 Å². The Morgan fingerprint density at radius 3 is 2.61 bits per heavy atom. The Hall–Kier alpha value is -1.48. The molecule has 0 aliphatic heterocycles. The van der Waals surface area contributed by atoms with Crippen molar-refractivity contribution in [1.29, 1.82) is 0 Å². The lowest BCUT2D eigenvalue weighted by Gasteiger charge is -2.05. The molecule has 1 nitrogen and oxygen atoms in total. The van der Waals surface area contributed by atoms with Crippen LogP contribution in [0.25, 0.3) is 0 Å². The number of carbonyl (C=O) groups is 1. The van der Waals surface area contributed by atoms with E-state index < -0.39 is 0 Å². The van der Waals surface area contributed by atoms with Crippen LogP contribution in [-0.4, -0.2) is 5.78 Å². The molecule has 0 aliphatic rings. The highest BCUT2D eigenvalue weighted by Crippen LogP contribution is 2.18. The molecule has 0 N–H and O–H groups in total. The molecule has 2 aromatic carbocycles. The topological polar surface area (TPSA) is 17.1 Å². The van der Waals surface area contributed by atoms with Gasteiger partial charge in [-0.15, -0.1) is 0 Å². The molecule has 0 aromatic heterocycles. The van der Waals surface area contributed by atoms with Gasteiger partial charge in [0, 0.05) is 16.5 Å². The molecule has 0 atom stereocenters. The molecule has 0 radical (unpaired) electrons. The SMILES string of the molecule is Cc1cc(Br)cc(C(=O)Cc2ccccc2F)c1. The lowest BCUT2D eigenvalue weighted by molar-refractivity contribution is 0.0991. The Labute approximate surface area is 114 Å². The predicted molar refractivity (Wildman–Crippen MR) is 73.3 cm³/mol. The van der Waals surface area contributed by atoms with E-state index in [0.29, 0.717) is 11.1 Å². The molecule has 0 bridgehead atoms. The molecule has 0 saturated heterocycles. The van der Waals surface area contributed by atoms with Crippen molar-refractivity contribution in [3.8, 4) is 0 Å². The number of benzene rings is 2. The minimum Gasteiger partial charge on any atom is -0.294 e. The zero-order valence-electron chi connectivity index (χ0n) is 9.91. The van der Waals surface area contributed by atoms with Crippen molar-refractivity contribution >= 4 is 21.7 Å². The van der Waals surface area contributed by atoms with Crippen molar-refractivity contribution < 1.29 is 9.18 Å². The van der Waals surface area contributed by atoms with Gasteiger partial charge in [-0.25, -0.2) is 4.39 Å². The van der Waals surface area contributed by atoms with Gasteiger partial charge in [-0.05, 0) is 42.3 Å². The highest BCUT2D eigenvalue weighted by atomic mass is 79.9. The van der Waals surface area contributed by atoms with Gasteiger partial charge in [0.2, 0.25) is 0 Å². The van der Waals surface area contributed by atoms with Crippen LogP contribution in [0.15, 0.2) is 46.9 Å². The highest BCUT2D eigenvalue weighted by molar-refractivity contribution is 9.10. The fourth-order valence-corrected chi connectivity index (χ4v) is 2.42. The fraction of sp³-hybridized carbons (Fsp3) is 0.133. The number of hydrogen-bond acceptors (Lipinski definition) is 1. The van der Waals surface area contributed by atoms with Gasteiger partial charge in [0.05, 0.1) is 0 Å². The second-order valence-corrected chi connectivity index (χ2v) is 5.12. The zero-order chi connectivity index (χ0) is 13.1. The summed E-state index contributed by atoms with van der Waals surface area (Å²) in [7, 11) is 0. The normalized spacial score (nSPS) is 10.4. The highest BCUT2D eigenvalue weighted by Gasteiger charge is 2.11. The van der Waals surface area contributed by atoms with Crippen molar-refractivity contribution in [2.75, 3.05) is 0 Å². The van der Waals surface area contributed by atoms with Crippen molar-refractivity contribution in [3.63, 3.8) is 0 Å². The van der Waals surface area contributed by atoms with Crippen molar-refractivity contribution in [2.24, 2.45) is 0 Å². The summed E-state index contributed by atoms with van der Waals surface area (Å²) in [5.41, 5.74) is 2.03. The summed E-state index contributed by atoms with van der Waals surface area (Å²) in [6, 6.07) is 11.9. The molecule has 0 heterocycles. The Kier molecular flexibility index (Phi) is 3.92. The van der Waals surface area contributed by atoms with E-state index in [1.807, 2.05) is 19.1 Å². The standard InChI is InChI=1S/C15H12BrFO/c1-10-6-12(8-13(16)7-10)15(18)9-11-4-2-3-5-14(11)17/h2-8H,9H2,1H3. The average Bonchev–Trinajstić information content (AvgIpc) is 2.31. The van der Waals surface area contributed by atoms with Gasteiger partial charge in [0.1, 0.15) is 5.82 Å². The van der Waals surface area contributed by atoms with E-state index >= 15 is 0 Å². The number of aryl methyl sites for hydroxylation is 1. The Bertz CT molecular complexity index is 573. The van der Waals surface area contributed by atoms with E-state index in [9.17, 15) is 9.18 Å². The first kappa shape index (κ1) is 13.0. The van der Waals surface area contributed by atoms with Crippen LogP contribution in [0.1, 0.15) is 21.5 Å². The molecule has 2 aromatic rings. The van der Waals surface area contributed by atoms with Crippen LogP contribution in [0.3, 0.4) is 0 Å². The molecule has 18 heavy (non-hydrogen) atoms. The lowest BCUT2D eigenvalue weighted by atomic mass is 10.0. The first-order valence-corrected chi connectivity index (χ1v) is 6.39. The van der Waals surface area contributed by atoms with Gasteiger partial charge in [-0.1, -0.05) is 34.1 Å². The van der Waals surface area contributed by atoms with Crippen LogP contribution >= 0.6 is 15.9 Å². The average molecular weight is 307 g/mol. The van der Waals surface area contributed by atoms with Crippen molar-refractivity contribution in [3.05, 3.63) is 69.4 Å². The van der Waals surface area contributed by atoms with Crippen LogP contribution in [0.2, 0.25) is 0 Å². The summed E-state index contributed by atoms with van der Waals surface area (Å²) in [4.78, 5) is 12.1. The largest absolute Gasteiger partial charge is 0.294 e. The molecule has 0 saturated carbocycles. The molecule has 0 spiro atoms. The maximum atomic E-state index is 13.5. The van der Waals surface area contributed by atoms with Crippen molar-refractivity contribution in [2.45, 2.75) is 13.3 Å². The van der Waals surface area contributed by atoms with Gasteiger partial charge in [0.15, 0.2) is 5.78 Å². The van der Waals surface area contributed by atoms with Gasteiger partial charge in [-0.2, -0.15) is 0 Å². The quantitative estimate of drug-likeness (QED) is 0.772. The number of Topliss-reactive ketones (excluding diaryl/α,β-unsaturated/α-hetero) is 1. The lowest BCUT2D eigenvalue weighted by Crippen LogP contribution is -2.05. The summed E-state index contributed by atoms with van der Waals surface area (Å²) in [6.07, 6.45) is 0.0859. The molecule has 92 valence electrons. The molecular weight excluding hydrogens is 295 g/mol. The molecule has 2 rings (SSSR count).